The van der Waals surface area contributed by atoms with Crippen LogP contribution in [0.2, 0.25) is 0 Å². The summed E-state index contributed by atoms with van der Waals surface area (Å²) in [5, 5.41) is 11.8. The molecule has 0 saturated carbocycles. The molecule has 1 aliphatic heterocycles. The molecular weight excluding hydrogens is 320 g/mol. The number of hydrogen-bond acceptors (Lipinski definition) is 5. The minimum Gasteiger partial charge on any atom is -0.496 e. The van der Waals surface area contributed by atoms with Crippen molar-refractivity contribution in [1.29, 1.82) is 0 Å². The maximum Gasteiger partial charge on any atom is 0.339 e. The SMILES string of the molecule is CCC(=O)N1CSCC1C(=O)Nc1ccc(C(=O)O)c(OC)c1. The predicted molar refractivity (Wildman–Crippen MR) is 86.8 cm³/mol. The molecule has 2 amide bonds. The lowest BCUT2D eigenvalue weighted by atomic mass is 10.1. The van der Waals surface area contributed by atoms with Crippen molar-refractivity contribution in [1.82, 2.24) is 4.90 Å². The standard InChI is InChI=1S/C15H18N2O5S/c1-3-13(18)17-8-23-7-11(17)14(19)16-9-4-5-10(15(20)21)12(6-9)22-2/h4-6,11H,3,7-8H2,1-2H3,(H,16,19)(H,20,21). The van der Waals surface area contributed by atoms with E-state index in [4.69, 9.17) is 9.84 Å². The average Bonchev–Trinajstić information content (AvgIpc) is 3.03. The van der Waals surface area contributed by atoms with Gasteiger partial charge in [-0.2, -0.15) is 0 Å². The summed E-state index contributed by atoms with van der Waals surface area (Å²) in [7, 11) is 1.36. The van der Waals surface area contributed by atoms with Crippen LogP contribution < -0.4 is 10.1 Å². The summed E-state index contributed by atoms with van der Waals surface area (Å²) >= 11 is 1.53. The smallest absolute Gasteiger partial charge is 0.339 e. The highest BCUT2D eigenvalue weighted by atomic mass is 32.2. The maximum absolute atomic E-state index is 12.4. The van der Waals surface area contributed by atoms with Crippen LogP contribution in [0.5, 0.6) is 5.75 Å². The second-order valence-corrected chi connectivity index (χ2v) is 5.94. The zero-order chi connectivity index (χ0) is 17.0. The highest BCUT2D eigenvalue weighted by molar-refractivity contribution is 7.99. The molecule has 0 aromatic heterocycles. The van der Waals surface area contributed by atoms with Crippen LogP contribution in [-0.2, 0) is 9.59 Å². The molecule has 1 aliphatic rings. The zero-order valence-corrected chi connectivity index (χ0v) is 13.7. The predicted octanol–water partition coefficient (Wildman–Crippen LogP) is 1.64. The molecule has 124 valence electrons. The third-order valence-electron chi connectivity index (χ3n) is 3.51. The average molecular weight is 338 g/mol. The van der Waals surface area contributed by atoms with Crippen LogP contribution in [-0.4, -0.2) is 52.6 Å². The summed E-state index contributed by atoms with van der Waals surface area (Å²) in [4.78, 5) is 36.9. The molecule has 1 fully saturated rings. The van der Waals surface area contributed by atoms with Gasteiger partial charge >= 0.3 is 5.97 Å². The van der Waals surface area contributed by atoms with Gasteiger partial charge in [-0.05, 0) is 12.1 Å². The zero-order valence-electron chi connectivity index (χ0n) is 12.9. The van der Waals surface area contributed by atoms with Gasteiger partial charge in [-0.15, -0.1) is 11.8 Å². The van der Waals surface area contributed by atoms with Crippen molar-refractivity contribution in [3.63, 3.8) is 0 Å². The molecule has 0 spiro atoms. The number of carboxylic acids is 1. The number of methoxy groups -OCH3 is 1. The Hall–Kier alpha value is -2.22. The minimum atomic E-state index is -1.10. The topological polar surface area (TPSA) is 95.9 Å². The Labute approximate surface area is 138 Å². The lowest BCUT2D eigenvalue weighted by molar-refractivity contribution is -0.135. The fraction of sp³-hybridized carbons (Fsp3) is 0.400. The van der Waals surface area contributed by atoms with Gasteiger partial charge in [-0.3, -0.25) is 9.59 Å². The summed E-state index contributed by atoms with van der Waals surface area (Å²) in [5.41, 5.74) is 0.447. The third-order valence-corrected chi connectivity index (χ3v) is 4.52. The summed E-state index contributed by atoms with van der Waals surface area (Å²) in [6, 6.07) is 3.81. The number of carbonyl (C=O) groups excluding carboxylic acids is 2. The van der Waals surface area contributed by atoms with Gasteiger partial charge in [0.15, 0.2) is 0 Å². The van der Waals surface area contributed by atoms with Crippen LogP contribution >= 0.6 is 11.8 Å². The van der Waals surface area contributed by atoms with Crippen LogP contribution in [0.4, 0.5) is 5.69 Å². The summed E-state index contributed by atoms with van der Waals surface area (Å²) in [5.74, 6) is -0.242. The van der Waals surface area contributed by atoms with Crippen molar-refractivity contribution >= 4 is 35.2 Å². The molecule has 8 heteroatoms. The summed E-state index contributed by atoms with van der Waals surface area (Å²) < 4.78 is 5.03. The van der Waals surface area contributed by atoms with E-state index in [0.717, 1.165) is 0 Å². The molecular formula is C15H18N2O5S. The molecule has 0 aliphatic carbocycles. The highest BCUT2D eigenvalue weighted by Crippen LogP contribution is 2.26. The number of ether oxygens (including phenoxy) is 1. The number of anilines is 1. The van der Waals surface area contributed by atoms with E-state index in [1.807, 2.05) is 0 Å². The molecule has 23 heavy (non-hydrogen) atoms. The van der Waals surface area contributed by atoms with Gasteiger partial charge < -0.3 is 20.1 Å². The first kappa shape index (κ1) is 17.1. The Bertz CT molecular complexity index is 634. The number of aromatic carboxylic acids is 1. The first-order chi connectivity index (χ1) is 11.0. The largest absolute Gasteiger partial charge is 0.496 e. The minimum absolute atomic E-state index is 0.0182. The van der Waals surface area contributed by atoms with Crippen molar-refractivity contribution in [2.24, 2.45) is 0 Å². The summed E-state index contributed by atoms with van der Waals surface area (Å²) in [6.07, 6.45) is 0.353. The Kier molecular flexibility index (Phi) is 5.49. The van der Waals surface area contributed by atoms with Crippen molar-refractivity contribution < 1.29 is 24.2 Å². The van der Waals surface area contributed by atoms with Crippen molar-refractivity contribution in [3.8, 4) is 5.75 Å². The second kappa shape index (κ2) is 7.36. The van der Waals surface area contributed by atoms with Crippen LogP contribution in [0, 0.1) is 0 Å². The Morgan fingerprint density at radius 1 is 1.43 bits per heavy atom. The second-order valence-electron chi connectivity index (χ2n) is 4.94. The van der Waals surface area contributed by atoms with E-state index in [2.05, 4.69) is 5.32 Å². The third kappa shape index (κ3) is 3.76. The Morgan fingerprint density at radius 3 is 2.78 bits per heavy atom. The molecule has 1 aromatic carbocycles. The number of nitrogens with one attached hydrogen (secondary N) is 1. The molecule has 1 unspecified atom stereocenters. The number of rotatable bonds is 5. The van der Waals surface area contributed by atoms with E-state index < -0.39 is 12.0 Å². The van der Waals surface area contributed by atoms with Gasteiger partial charge in [0.2, 0.25) is 11.8 Å². The maximum atomic E-state index is 12.4. The molecule has 1 heterocycles. The van der Waals surface area contributed by atoms with Crippen molar-refractivity contribution in [2.75, 3.05) is 24.1 Å². The highest BCUT2D eigenvalue weighted by Gasteiger charge is 2.33. The van der Waals surface area contributed by atoms with E-state index in [-0.39, 0.29) is 23.1 Å². The molecule has 0 bridgehead atoms. The first-order valence-electron chi connectivity index (χ1n) is 7.07. The van der Waals surface area contributed by atoms with Gasteiger partial charge in [0.05, 0.1) is 13.0 Å². The van der Waals surface area contributed by atoms with Gasteiger partial charge in [0.1, 0.15) is 17.4 Å². The fourth-order valence-corrected chi connectivity index (χ4v) is 3.46. The number of benzene rings is 1. The van der Waals surface area contributed by atoms with Gasteiger partial charge in [-0.25, -0.2) is 4.79 Å². The Balaban J connectivity index is 2.14. The van der Waals surface area contributed by atoms with Crippen LogP contribution in [0.3, 0.4) is 0 Å². The number of hydrogen-bond donors (Lipinski definition) is 2. The molecule has 1 atom stereocenters. The normalized spacial score (nSPS) is 17.0. The van der Waals surface area contributed by atoms with E-state index >= 15 is 0 Å². The van der Waals surface area contributed by atoms with Crippen LogP contribution in [0.1, 0.15) is 23.7 Å². The number of carboxylic acid groups (broad SMARTS) is 1. The number of amides is 2. The summed E-state index contributed by atoms with van der Waals surface area (Å²) in [6.45, 7) is 1.76. The van der Waals surface area contributed by atoms with Crippen molar-refractivity contribution in [3.05, 3.63) is 23.8 Å². The molecule has 1 aromatic rings. The number of carbonyl (C=O) groups is 3. The van der Waals surface area contributed by atoms with Gasteiger partial charge in [0.25, 0.3) is 0 Å². The van der Waals surface area contributed by atoms with Crippen LogP contribution in [0.25, 0.3) is 0 Å². The first-order valence-corrected chi connectivity index (χ1v) is 8.22. The molecule has 2 rings (SSSR count). The molecule has 0 radical (unpaired) electrons. The van der Waals surface area contributed by atoms with E-state index in [1.165, 1.54) is 37.1 Å². The molecule has 2 N–H and O–H groups in total. The van der Waals surface area contributed by atoms with Crippen LogP contribution in [0.15, 0.2) is 18.2 Å². The quantitative estimate of drug-likeness (QED) is 0.847. The van der Waals surface area contributed by atoms with Gasteiger partial charge in [0, 0.05) is 23.9 Å². The van der Waals surface area contributed by atoms with E-state index in [0.29, 0.717) is 23.7 Å². The van der Waals surface area contributed by atoms with E-state index in [1.54, 1.807) is 11.8 Å². The number of nitrogens with zero attached hydrogens (tertiary/aromatic N) is 1. The fourth-order valence-electron chi connectivity index (χ4n) is 2.28. The molecule has 7 nitrogen and oxygen atoms in total. The van der Waals surface area contributed by atoms with E-state index in [9.17, 15) is 14.4 Å². The Morgan fingerprint density at radius 2 is 2.17 bits per heavy atom. The van der Waals surface area contributed by atoms with Crippen molar-refractivity contribution in [2.45, 2.75) is 19.4 Å². The lowest BCUT2D eigenvalue weighted by Crippen LogP contribution is -2.44. The van der Waals surface area contributed by atoms with Gasteiger partial charge in [-0.1, -0.05) is 6.92 Å². The lowest BCUT2D eigenvalue weighted by Gasteiger charge is -2.22. The number of thioether (sulfide) groups is 1. The molecule has 1 saturated heterocycles. The monoisotopic (exact) mass is 338 g/mol.